The quantitative estimate of drug-likeness (QED) is 0.725. The summed E-state index contributed by atoms with van der Waals surface area (Å²) in [5, 5.41) is 0. The second-order valence-electron chi connectivity index (χ2n) is 6.52. The lowest BCUT2D eigenvalue weighted by atomic mass is 9.85. The van der Waals surface area contributed by atoms with Crippen LogP contribution in [0.2, 0.25) is 0 Å². The van der Waals surface area contributed by atoms with Crippen molar-refractivity contribution >= 4 is 12.2 Å². The van der Waals surface area contributed by atoms with Gasteiger partial charge in [-0.15, -0.1) is 0 Å². The zero-order valence-corrected chi connectivity index (χ0v) is 12.2. The summed E-state index contributed by atoms with van der Waals surface area (Å²) in [6, 6.07) is 0.603. The molecule has 2 rings (SSSR count). The maximum Gasteiger partial charge on any atom is 0.177 e. The highest BCUT2D eigenvalue weighted by Gasteiger charge is 2.26. The number of aromatic nitrogens is 2. The molecule has 2 unspecified atom stereocenters. The molecule has 0 aliphatic heterocycles. The van der Waals surface area contributed by atoms with Crippen LogP contribution in [0.4, 0.5) is 0 Å². The summed E-state index contributed by atoms with van der Waals surface area (Å²) in [4.78, 5) is 3.23. The van der Waals surface area contributed by atoms with E-state index in [4.69, 9.17) is 12.2 Å². The zero-order valence-electron chi connectivity index (χ0n) is 11.4. The van der Waals surface area contributed by atoms with Crippen LogP contribution >= 0.6 is 12.2 Å². The van der Waals surface area contributed by atoms with Crippen LogP contribution in [0.3, 0.4) is 0 Å². The van der Waals surface area contributed by atoms with Crippen molar-refractivity contribution < 1.29 is 0 Å². The lowest BCUT2D eigenvalue weighted by molar-refractivity contribution is 0.270. The van der Waals surface area contributed by atoms with Crippen LogP contribution in [-0.4, -0.2) is 9.55 Å². The molecule has 3 heteroatoms. The first kappa shape index (κ1) is 12.9. The molecule has 1 heterocycles. The molecule has 1 fully saturated rings. The summed E-state index contributed by atoms with van der Waals surface area (Å²) in [6.07, 6.45) is 7.36. The van der Waals surface area contributed by atoms with Gasteiger partial charge >= 0.3 is 0 Å². The van der Waals surface area contributed by atoms with Crippen LogP contribution in [-0.2, 0) is 5.41 Å². The van der Waals surface area contributed by atoms with Crippen molar-refractivity contribution in [1.29, 1.82) is 0 Å². The molecule has 0 aromatic carbocycles. The molecule has 1 aliphatic carbocycles. The van der Waals surface area contributed by atoms with Crippen molar-refractivity contribution in [3.8, 4) is 0 Å². The summed E-state index contributed by atoms with van der Waals surface area (Å²) in [7, 11) is 0. The Morgan fingerprint density at radius 1 is 1.35 bits per heavy atom. The van der Waals surface area contributed by atoms with Gasteiger partial charge < -0.3 is 9.55 Å². The number of imidazole rings is 1. The minimum atomic E-state index is 0.161. The molecule has 17 heavy (non-hydrogen) atoms. The van der Waals surface area contributed by atoms with Gasteiger partial charge in [-0.3, -0.25) is 0 Å². The highest BCUT2D eigenvalue weighted by molar-refractivity contribution is 7.71. The largest absolute Gasteiger partial charge is 0.337 e. The highest BCUT2D eigenvalue weighted by Crippen LogP contribution is 2.35. The van der Waals surface area contributed by atoms with Gasteiger partial charge in [-0.2, -0.15) is 0 Å². The van der Waals surface area contributed by atoms with Crippen LogP contribution in [0, 0.1) is 10.7 Å². The van der Waals surface area contributed by atoms with E-state index in [9.17, 15) is 0 Å². The Bertz CT molecular complexity index is 436. The van der Waals surface area contributed by atoms with Crippen molar-refractivity contribution in [2.75, 3.05) is 0 Å². The van der Waals surface area contributed by atoms with Gasteiger partial charge in [-0.1, -0.05) is 40.5 Å². The maximum atomic E-state index is 5.47. The average Bonchev–Trinajstić information content (AvgIpc) is 2.59. The number of hydrogen-bond donors (Lipinski definition) is 1. The third-order valence-electron chi connectivity index (χ3n) is 3.85. The van der Waals surface area contributed by atoms with E-state index >= 15 is 0 Å². The molecule has 1 aliphatic rings. The summed E-state index contributed by atoms with van der Waals surface area (Å²) in [6.45, 7) is 9.13. The summed E-state index contributed by atoms with van der Waals surface area (Å²) in [5.41, 5.74) is 1.51. The van der Waals surface area contributed by atoms with E-state index in [1.807, 2.05) is 0 Å². The number of nitrogens with zero attached hydrogens (tertiary/aromatic N) is 1. The molecule has 1 N–H and O–H groups in total. The number of nitrogens with one attached hydrogen (secondary N) is 1. The molecule has 0 spiro atoms. The SMILES string of the molecule is CC1CCCC(n2c(C(C)(C)C)c[nH]c2=S)C1. The molecule has 0 bridgehead atoms. The predicted octanol–water partition coefficient (Wildman–Crippen LogP) is 4.59. The minimum Gasteiger partial charge on any atom is -0.337 e. The van der Waals surface area contributed by atoms with Crippen LogP contribution in [0.25, 0.3) is 0 Å². The molecule has 2 nitrogen and oxygen atoms in total. The first-order valence-electron chi connectivity index (χ1n) is 6.70. The smallest absolute Gasteiger partial charge is 0.177 e. The van der Waals surface area contributed by atoms with E-state index in [-0.39, 0.29) is 5.41 Å². The van der Waals surface area contributed by atoms with Crippen LogP contribution in [0.15, 0.2) is 6.20 Å². The van der Waals surface area contributed by atoms with Gasteiger partial charge in [0.2, 0.25) is 0 Å². The second-order valence-corrected chi connectivity index (χ2v) is 6.91. The maximum absolute atomic E-state index is 5.47. The minimum absolute atomic E-state index is 0.161. The third-order valence-corrected chi connectivity index (χ3v) is 4.17. The molecule has 1 aromatic rings. The van der Waals surface area contributed by atoms with Crippen LogP contribution in [0.1, 0.15) is 65.1 Å². The van der Waals surface area contributed by atoms with Crippen molar-refractivity contribution in [3.63, 3.8) is 0 Å². The van der Waals surface area contributed by atoms with Gasteiger partial charge in [0.15, 0.2) is 4.77 Å². The molecule has 96 valence electrons. The predicted molar refractivity (Wildman–Crippen MR) is 75.0 cm³/mol. The van der Waals surface area contributed by atoms with Crippen molar-refractivity contribution in [3.05, 3.63) is 16.7 Å². The second kappa shape index (κ2) is 4.60. The van der Waals surface area contributed by atoms with Gasteiger partial charge in [-0.25, -0.2) is 0 Å². The van der Waals surface area contributed by atoms with E-state index in [0.717, 1.165) is 10.7 Å². The molecule has 0 amide bonds. The van der Waals surface area contributed by atoms with Gasteiger partial charge in [0.25, 0.3) is 0 Å². The summed E-state index contributed by atoms with van der Waals surface area (Å²) >= 11 is 5.47. The molecular formula is C14H24N2S. The fraction of sp³-hybridized carbons (Fsp3) is 0.786. The molecule has 1 saturated carbocycles. The van der Waals surface area contributed by atoms with E-state index in [0.29, 0.717) is 6.04 Å². The van der Waals surface area contributed by atoms with E-state index in [1.54, 1.807) is 0 Å². The lowest BCUT2D eigenvalue weighted by Crippen LogP contribution is -2.24. The van der Waals surface area contributed by atoms with Crippen molar-refractivity contribution in [2.24, 2.45) is 5.92 Å². The normalized spacial score (nSPS) is 26.1. The Balaban J connectivity index is 2.37. The highest BCUT2D eigenvalue weighted by atomic mass is 32.1. The Kier molecular flexibility index (Phi) is 3.48. The molecule has 1 aromatic heterocycles. The zero-order chi connectivity index (χ0) is 12.6. The molecular weight excluding hydrogens is 228 g/mol. The van der Waals surface area contributed by atoms with Crippen molar-refractivity contribution in [1.82, 2.24) is 9.55 Å². The van der Waals surface area contributed by atoms with Gasteiger partial charge in [0.05, 0.1) is 0 Å². The third kappa shape index (κ3) is 2.65. The monoisotopic (exact) mass is 252 g/mol. The van der Waals surface area contributed by atoms with Gasteiger partial charge in [0.1, 0.15) is 0 Å². The number of aromatic amines is 1. The fourth-order valence-corrected chi connectivity index (χ4v) is 3.26. The molecule has 0 saturated heterocycles. The Hall–Kier alpha value is -0.570. The fourth-order valence-electron chi connectivity index (χ4n) is 2.96. The molecule has 2 atom stereocenters. The Morgan fingerprint density at radius 2 is 2.06 bits per heavy atom. The average molecular weight is 252 g/mol. The molecule has 0 radical (unpaired) electrons. The topological polar surface area (TPSA) is 20.7 Å². The van der Waals surface area contributed by atoms with E-state index in [2.05, 4.69) is 43.4 Å². The van der Waals surface area contributed by atoms with Crippen LogP contribution in [0.5, 0.6) is 0 Å². The number of H-pyrrole nitrogens is 1. The Labute approximate surface area is 109 Å². The van der Waals surface area contributed by atoms with Gasteiger partial charge in [-0.05, 0) is 31.0 Å². The standard InChI is InChI=1S/C14H24N2S/c1-10-6-5-7-11(8-10)16-12(14(2,3)4)9-15-13(16)17/h9-11H,5-8H2,1-4H3,(H,15,17). The summed E-state index contributed by atoms with van der Waals surface area (Å²) < 4.78 is 3.28. The summed E-state index contributed by atoms with van der Waals surface area (Å²) in [5.74, 6) is 0.832. The van der Waals surface area contributed by atoms with Crippen molar-refractivity contribution in [2.45, 2.75) is 64.8 Å². The van der Waals surface area contributed by atoms with Gasteiger partial charge in [0, 0.05) is 23.3 Å². The number of hydrogen-bond acceptors (Lipinski definition) is 1. The first-order chi connectivity index (χ1) is 7.89. The number of rotatable bonds is 1. The first-order valence-corrected chi connectivity index (χ1v) is 7.11. The van der Waals surface area contributed by atoms with E-state index < -0.39 is 0 Å². The Morgan fingerprint density at radius 3 is 2.65 bits per heavy atom. The van der Waals surface area contributed by atoms with Crippen LogP contribution < -0.4 is 0 Å². The van der Waals surface area contributed by atoms with E-state index in [1.165, 1.54) is 31.4 Å². The lowest BCUT2D eigenvalue weighted by Gasteiger charge is -2.31.